The Kier molecular flexibility index (Phi) is 5.51. The van der Waals surface area contributed by atoms with Gasteiger partial charge in [0.15, 0.2) is 6.20 Å². The van der Waals surface area contributed by atoms with Crippen molar-refractivity contribution in [2.75, 3.05) is 5.32 Å². The fourth-order valence-electron chi connectivity index (χ4n) is 2.83. The van der Waals surface area contributed by atoms with Crippen LogP contribution in [-0.2, 0) is 4.79 Å². The molecule has 2 heterocycles. The van der Waals surface area contributed by atoms with Crippen molar-refractivity contribution in [1.82, 2.24) is 4.98 Å². The van der Waals surface area contributed by atoms with E-state index in [2.05, 4.69) is 24.4 Å². The van der Waals surface area contributed by atoms with Crippen LogP contribution in [-0.4, -0.2) is 16.1 Å². The molecule has 1 amide bonds. The van der Waals surface area contributed by atoms with Gasteiger partial charge in [0, 0.05) is 23.4 Å². The normalized spacial score (nSPS) is 12.1. The van der Waals surface area contributed by atoms with Crippen LogP contribution in [0.4, 0.5) is 5.69 Å². The zero-order valence-corrected chi connectivity index (χ0v) is 17.6. The van der Waals surface area contributed by atoms with Gasteiger partial charge in [-0.2, -0.15) is 4.73 Å². The predicted octanol–water partition coefficient (Wildman–Crippen LogP) is 5.02. The highest BCUT2D eigenvalue weighted by molar-refractivity contribution is 8.00. The van der Waals surface area contributed by atoms with Crippen molar-refractivity contribution in [3.05, 3.63) is 77.6 Å². The lowest BCUT2D eigenvalue weighted by molar-refractivity contribution is -0.645. The molecule has 0 aliphatic rings. The van der Waals surface area contributed by atoms with Gasteiger partial charge in [0.2, 0.25) is 5.91 Å². The number of aryl methyl sites for hydroxylation is 1. The van der Waals surface area contributed by atoms with Crippen molar-refractivity contribution >= 4 is 44.9 Å². The van der Waals surface area contributed by atoms with Gasteiger partial charge in [-0.15, -0.1) is 11.3 Å². The summed E-state index contributed by atoms with van der Waals surface area (Å²) < 4.78 is 1.93. The number of hydrogen-bond donors (Lipinski definition) is 1. The van der Waals surface area contributed by atoms with Crippen LogP contribution in [0.15, 0.2) is 71.9 Å². The first-order valence-electron chi connectivity index (χ1n) is 9.13. The van der Waals surface area contributed by atoms with Gasteiger partial charge in [0.25, 0.3) is 5.03 Å². The summed E-state index contributed by atoms with van der Waals surface area (Å²) in [7, 11) is 0. The molecule has 0 spiro atoms. The van der Waals surface area contributed by atoms with E-state index >= 15 is 0 Å². The fourth-order valence-corrected chi connectivity index (χ4v) is 4.75. The quantitative estimate of drug-likeness (QED) is 0.279. The molecule has 1 atom stereocenters. The summed E-state index contributed by atoms with van der Waals surface area (Å²) >= 11 is 2.89. The number of nitrogens with zero attached hydrogens (tertiary/aromatic N) is 2. The Hall–Kier alpha value is -2.90. The lowest BCUT2D eigenvalue weighted by Gasteiger charge is -2.11. The number of thioether (sulfide) groups is 1. The molecule has 0 radical (unpaired) electrons. The van der Waals surface area contributed by atoms with E-state index in [1.165, 1.54) is 28.2 Å². The fraction of sp³-hybridized carbons (Fsp3) is 0.136. The second-order valence-corrected chi connectivity index (χ2v) is 9.07. The minimum Gasteiger partial charge on any atom is -0.618 e. The van der Waals surface area contributed by atoms with Gasteiger partial charge in [-0.1, -0.05) is 6.07 Å². The Bertz CT molecular complexity index is 1170. The summed E-state index contributed by atoms with van der Waals surface area (Å²) in [5.41, 5.74) is 3.94. The molecule has 2 aromatic carbocycles. The van der Waals surface area contributed by atoms with Gasteiger partial charge in [-0.05, 0) is 73.6 Å². The molecule has 7 heteroatoms. The van der Waals surface area contributed by atoms with Crippen molar-refractivity contribution in [2.24, 2.45) is 0 Å². The monoisotopic (exact) mass is 421 g/mol. The van der Waals surface area contributed by atoms with E-state index in [9.17, 15) is 10.0 Å². The molecule has 0 bridgehead atoms. The zero-order chi connectivity index (χ0) is 20.4. The number of nitrogens with one attached hydrogen (secondary N) is 1. The lowest BCUT2D eigenvalue weighted by atomic mass is 10.2. The first kappa shape index (κ1) is 19.4. The van der Waals surface area contributed by atoms with Crippen molar-refractivity contribution in [2.45, 2.75) is 24.1 Å². The highest BCUT2D eigenvalue weighted by atomic mass is 32.2. The Morgan fingerprint density at radius 1 is 1.17 bits per heavy atom. The maximum atomic E-state index is 12.5. The van der Waals surface area contributed by atoms with Crippen molar-refractivity contribution < 1.29 is 9.52 Å². The SMILES string of the molecule is Cc1ccc2nc(-c3ccc(NC(=O)[C@@H](C)Sc4cccc[n+]4[O-])cc3)sc2c1. The lowest BCUT2D eigenvalue weighted by Crippen LogP contribution is -2.30. The van der Waals surface area contributed by atoms with E-state index in [4.69, 9.17) is 4.98 Å². The molecule has 2 aromatic heterocycles. The predicted molar refractivity (Wildman–Crippen MR) is 119 cm³/mol. The highest BCUT2D eigenvalue weighted by Gasteiger charge is 2.19. The van der Waals surface area contributed by atoms with Gasteiger partial charge < -0.3 is 10.5 Å². The zero-order valence-electron chi connectivity index (χ0n) is 16.0. The Labute approximate surface area is 177 Å². The van der Waals surface area contributed by atoms with E-state index in [1.807, 2.05) is 30.3 Å². The number of aromatic nitrogens is 2. The van der Waals surface area contributed by atoms with Crippen LogP contribution >= 0.6 is 23.1 Å². The summed E-state index contributed by atoms with van der Waals surface area (Å²) in [4.78, 5) is 17.2. The molecule has 0 fully saturated rings. The van der Waals surface area contributed by atoms with E-state index in [0.717, 1.165) is 20.8 Å². The smallest absolute Gasteiger partial charge is 0.252 e. The van der Waals surface area contributed by atoms with Crippen LogP contribution < -0.4 is 10.0 Å². The molecule has 5 nitrogen and oxygen atoms in total. The van der Waals surface area contributed by atoms with E-state index in [-0.39, 0.29) is 5.91 Å². The van der Waals surface area contributed by atoms with Gasteiger partial charge in [0.05, 0.1) is 15.5 Å². The van der Waals surface area contributed by atoms with Crippen LogP contribution in [0, 0.1) is 12.1 Å². The highest BCUT2D eigenvalue weighted by Crippen LogP contribution is 2.31. The number of carbonyl (C=O) groups is 1. The topological polar surface area (TPSA) is 68.9 Å². The van der Waals surface area contributed by atoms with Crippen molar-refractivity contribution in [3.63, 3.8) is 0 Å². The second-order valence-electron chi connectivity index (χ2n) is 6.68. The third kappa shape index (κ3) is 4.41. The number of carbonyl (C=O) groups excluding carboxylic acids is 1. The molecule has 1 N–H and O–H groups in total. The van der Waals surface area contributed by atoms with Crippen LogP contribution in [0.1, 0.15) is 12.5 Å². The minimum absolute atomic E-state index is 0.151. The minimum atomic E-state index is -0.398. The Morgan fingerprint density at radius 2 is 1.97 bits per heavy atom. The molecule has 0 aliphatic carbocycles. The van der Waals surface area contributed by atoms with E-state index in [1.54, 1.807) is 36.5 Å². The number of fused-ring (bicyclic) bond motifs is 1. The summed E-state index contributed by atoms with van der Waals surface area (Å²) in [6.07, 6.45) is 1.43. The first-order valence-corrected chi connectivity index (χ1v) is 10.8. The molecule has 4 rings (SSSR count). The average Bonchev–Trinajstić information content (AvgIpc) is 3.13. The maximum absolute atomic E-state index is 12.5. The maximum Gasteiger partial charge on any atom is 0.252 e. The van der Waals surface area contributed by atoms with Gasteiger partial charge in [-0.25, -0.2) is 4.98 Å². The van der Waals surface area contributed by atoms with Crippen molar-refractivity contribution in [1.29, 1.82) is 0 Å². The largest absolute Gasteiger partial charge is 0.618 e. The van der Waals surface area contributed by atoms with Gasteiger partial charge >= 0.3 is 0 Å². The first-order chi connectivity index (χ1) is 14.0. The number of hydrogen-bond acceptors (Lipinski definition) is 5. The standard InChI is InChI=1S/C22H19N3O2S2/c1-14-6-11-18-19(13-14)29-22(24-18)16-7-9-17(10-8-16)23-21(26)15(2)28-20-5-3-4-12-25(20)27/h3-13,15H,1-2H3,(H,23,26)/t15-/m1/s1. The molecular weight excluding hydrogens is 402 g/mol. The summed E-state index contributed by atoms with van der Waals surface area (Å²) in [6, 6.07) is 19.1. The van der Waals surface area contributed by atoms with Crippen LogP contribution in [0.25, 0.3) is 20.8 Å². The summed E-state index contributed by atoms with van der Waals surface area (Å²) in [5, 5.41) is 15.7. The number of anilines is 1. The molecule has 146 valence electrons. The van der Waals surface area contributed by atoms with Crippen LogP contribution in [0.2, 0.25) is 0 Å². The van der Waals surface area contributed by atoms with Gasteiger partial charge in [-0.3, -0.25) is 4.79 Å². The molecule has 0 aliphatic heterocycles. The Morgan fingerprint density at radius 3 is 2.72 bits per heavy atom. The third-order valence-electron chi connectivity index (χ3n) is 4.40. The molecule has 0 saturated carbocycles. The van der Waals surface area contributed by atoms with Gasteiger partial charge in [0.1, 0.15) is 5.01 Å². The number of pyridine rings is 1. The van der Waals surface area contributed by atoms with E-state index in [0.29, 0.717) is 10.7 Å². The second kappa shape index (κ2) is 8.23. The molecular formula is C22H19N3O2S2. The van der Waals surface area contributed by atoms with Crippen LogP contribution in [0.3, 0.4) is 0 Å². The Balaban J connectivity index is 1.44. The molecule has 29 heavy (non-hydrogen) atoms. The molecule has 4 aromatic rings. The summed E-state index contributed by atoms with van der Waals surface area (Å²) in [6.45, 7) is 3.86. The van der Waals surface area contributed by atoms with E-state index < -0.39 is 5.25 Å². The molecule has 0 saturated heterocycles. The summed E-state index contributed by atoms with van der Waals surface area (Å²) in [5.74, 6) is -0.151. The number of thiazole rings is 1. The van der Waals surface area contributed by atoms with Crippen LogP contribution in [0.5, 0.6) is 0 Å². The number of rotatable bonds is 5. The number of amides is 1. The van der Waals surface area contributed by atoms with Crippen molar-refractivity contribution in [3.8, 4) is 10.6 Å². The average molecular weight is 422 g/mol. The number of benzene rings is 2. The molecule has 0 unspecified atom stereocenters. The third-order valence-corrected chi connectivity index (χ3v) is 6.59.